The number of anilines is 3. The highest BCUT2D eigenvalue weighted by Crippen LogP contribution is 2.40. The second kappa shape index (κ2) is 8.48. The van der Waals surface area contributed by atoms with Crippen molar-refractivity contribution in [2.45, 2.75) is 64.2 Å². The molecule has 2 aliphatic carbocycles. The third-order valence-corrected chi connectivity index (χ3v) is 7.13. The van der Waals surface area contributed by atoms with Crippen LogP contribution in [-0.2, 0) is 4.79 Å². The summed E-state index contributed by atoms with van der Waals surface area (Å²) in [5, 5.41) is 20.6. The van der Waals surface area contributed by atoms with Crippen LogP contribution >= 0.6 is 0 Å². The number of carboxylic acid groups (broad SMARTS) is 1. The highest BCUT2D eigenvalue weighted by atomic mass is 16.4. The van der Waals surface area contributed by atoms with Crippen molar-refractivity contribution in [1.82, 2.24) is 20.2 Å². The standard InChI is InChI=1S/C23H32N6O2/c1-14-9-20(25-21-11-19(27-28-21)16-7-8-16)26-23(24-14)29-12-17(10-18(13-29)22(30)31)15-5-3-2-4-6-15/h9,11,15-18H,2-8,10,12-13H2,1H3,(H,30,31)(H2,24,25,26,27,28)/t17-,18+/m0/s1. The topological polar surface area (TPSA) is 107 Å². The molecule has 166 valence electrons. The summed E-state index contributed by atoms with van der Waals surface area (Å²) < 4.78 is 0. The number of aromatic amines is 1. The van der Waals surface area contributed by atoms with E-state index in [1.54, 1.807) is 0 Å². The lowest BCUT2D eigenvalue weighted by Crippen LogP contribution is -2.46. The number of hydrogen-bond acceptors (Lipinski definition) is 6. The average Bonchev–Trinajstić information content (AvgIpc) is 3.53. The Labute approximate surface area is 182 Å². The molecule has 3 fully saturated rings. The Hall–Kier alpha value is -2.64. The molecule has 3 N–H and O–H groups in total. The molecule has 2 aromatic heterocycles. The summed E-state index contributed by atoms with van der Waals surface area (Å²) in [6, 6.07) is 3.97. The van der Waals surface area contributed by atoms with Crippen molar-refractivity contribution < 1.29 is 9.90 Å². The summed E-state index contributed by atoms with van der Waals surface area (Å²) in [4.78, 5) is 23.4. The largest absolute Gasteiger partial charge is 0.481 e. The van der Waals surface area contributed by atoms with E-state index in [2.05, 4.69) is 31.5 Å². The summed E-state index contributed by atoms with van der Waals surface area (Å²) in [6.07, 6.45) is 9.46. The van der Waals surface area contributed by atoms with Gasteiger partial charge in [0, 0.05) is 36.8 Å². The van der Waals surface area contributed by atoms with Gasteiger partial charge in [0.15, 0.2) is 0 Å². The summed E-state index contributed by atoms with van der Waals surface area (Å²) >= 11 is 0. The van der Waals surface area contributed by atoms with Crippen LogP contribution in [0.4, 0.5) is 17.6 Å². The molecule has 8 nitrogen and oxygen atoms in total. The van der Waals surface area contributed by atoms with Crippen molar-refractivity contribution in [1.29, 1.82) is 0 Å². The third-order valence-electron chi connectivity index (χ3n) is 7.13. The molecule has 0 unspecified atom stereocenters. The van der Waals surface area contributed by atoms with Crippen LogP contribution in [0.15, 0.2) is 12.1 Å². The van der Waals surface area contributed by atoms with Crippen LogP contribution in [0.5, 0.6) is 0 Å². The van der Waals surface area contributed by atoms with Crippen LogP contribution in [0.25, 0.3) is 0 Å². The molecule has 5 rings (SSSR count). The lowest BCUT2D eigenvalue weighted by molar-refractivity contribution is -0.142. The molecule has 2 saturated carbocycles. The number of H-pyrrole nitrogens is 1. The Balaban J connectivity index is 1.35. The lowest BCUT2D eigenvalue weighted by atomic mass is 9.74. The van der Waals surface area contributed by atoms with Gasteiger partial charge in [-0.15, -0.1) is 0 Å². The van der Waals surface area contributed by atoms with Crippen LogP contribution in [0, 0.1) is 24.7 Å². The minimum Gasteiger partial charge on any atom is -0.481 e. The zero-order chi connectivity index (χ0) is 21.4. The van der Waals surface area contributed by atoms with E-state index in [1.165, 1.54) is 44.9 Å². The van der Waals surface area contributed by atoms with Gasteiger partial charge in [-0.25, -0.2) is 4.98 Å². The minimum atomic E-state index is -0.707. The van der Waals surface area contributed by atoms with Gasteiger partial charge in [0.1, 0.15) is 11.6 Å². The van der Waals surface area contributed by atoms with Crippen LogP contribution in [-0.4, -0.2) is 44.3 Å². The van der Waals surface area contributed by atoms with Gasteiger partial charge in [0.25, 0.3) is 0 Å². The van der Waals surface area contributed by atoms with Gasteiger partial charge >= 0.3 is 5.97 Å². The fourth-order valence-corrected chi connectivity index (χ4v) is 5.31. The van der Waals surface area contributed by atoms with Crippen molar-refractivity contribution in [3.05, 3.63) is 23.5 Å². The van der Waals surface area contributed by atoms with Crippen LogP contribution in [0.1, 0.15) is 68.7 Å². The molecule has 8 heteroatoms. The Morgan fingerprint density at radius 3 is 2.65 bits per heavy atom. The molecule has 0 bridgehead atoms. The Bertz CT molecular complexity index is 934. The van der Waals surface area contributed by atoms with Gasteiger partial charge in [-0.3, -0.25) is 9.89 Å². The SMILES string of the molecule is Cc1cc(Nc2cc(C3CC3)n[nH]2)nc(N2C[C@H](C(=O)O)C[C@H](C3CCCCC3)C2)n1. The maximum absolute atomic E-state index is 11.9. The molecular formula is C23H32N6O2. The molecule has 0 spiro atoms. The number of nitrogens with zero attached hydrogens (tertiary/aromatic N) is 4. The number of aromatic nitrogens is 4. The molecule has 3 heterocycles. The minimum absolute atomic E-state index is 0.366. The third kappa shape index (κ3) is 4.67. The molecule has 0 amide bonds. The number of piperidine rings is 1. The van der Waals surface area contributed by atoms with Crippen molar-refractivity contribution >= 4 is 23.6 Å². The Morgan fingerprint density at radius 1 is 1.10 bits per heavy atom. The highest BCUT2D eigenvalue weighted by molar-refractivity contribution is 5.71. The first-order chi connectivity index (χ1) is 15.0. The predicted molar refractivity (Wildman–Crippen MR) is 119 cm³/mol. The molecular weight excluding hydrogens is 392 g/mol. The predicted octanol–water partition coefficient (Wildman–Crippen LogP) is 4.24. The molecule has 0 aromatic carbocycles. The van der Waals surface area contributed by atoms with Crippen molar-refractivity contribution in [2.75, 3.05) is 23.3 Å². The number of nitrogens with one attached hydrogen (secondary N) is 2. The maximum Gasteiger partial charge on any atom is 0.308 e. The number of aryl methyl sites for hydroxylation is 1. The summed E-state index contributed by atoms with van der Waals surface area (Å²) in [5.74, 6) is 2.68. The summed E-state index contributed by atoms with van der Waals surface area (Å²) in [7, 11) is 0. The van der Waals surface area contributed by atoms with E-state index in [1.807, 2.05) is 13.0 Å². The first-order valence-corrected chi connectivity index (χ1v) is 11.7. The van der Waals surface area contributed by atoms with Crippen molar-refractivity contribution in [3.63, 3.8) is 0 Å². The van der Waals surface area contributed by atoms with E-state index in [0.29, 0.717) is 36.1 Å². The Kier molecular flexibility index (Phi) is 5.54. The maximum atomic E-state index is 11.9. The molecule has 1 aliphatic heterocycles. The van der Waals surface area contributed by atoms with Gasteiger partial charge in [-0.1, -0.05) is 32.1 Å². The zero-order valence-corrected chi connectivity index (χ0v) is 18.2. The van der Waals surface area contributed by atoms with Gasteiger partial charge < -0.3 is 15.3 Å². The van der Waals surface area contributed by atoms with Crippen LogP contribution in [0.3, 0.4) is 0 Å². The van der Waals surface area contributed by atoms with Gasteiger partial charge in [-0.05, 0) is 38.0 Å². The fraction of sp³-hybridized carbons (Fsp3) is 0.652. The second-order valence-corrected chi connectivity index (χ2v) is 9.63. The van der Waals surface area contributed by atoms with Crippen LogP contribution in [0.2, 0.25) is 0 Å². The molecule has 2 aromatic rings. The van der Waals surface area contributed by atoms with Crippen molar-refractivity contribution in [3.8, 4) is 0 Å². The number of aliphatic carboxylic acids is 1. The van der Waals surface area contributed by atoms with Gasteiger partial charge in [0.05, 0.1) is 11.6 Å². The van der Waals surface area contributed by atoms with E-state index >= 15 is 0 Å². The number of carbonyl (C=O) groups is 1. The van der Waals surface area contributed by atoms with E-state index in [-0.39, 0.29) is 5.92 Å². The van der Waals surface area contributed by atoms with E-state index in [9.17, 15) is 9.90 Å². The Morgan fingerprint density at radius 2 is 1.90 bits per heavy atom. The van der Waals surface area contributed by atoms with E-state index in [4.69, 9.17) is 4.98 Å². The molecule has 3 aliphatic rings. The quantitative estimate of drug-likeness (QED) is 0.637. The fourth-order valence-electron chi connectivity index (χ4n) is 5.31. The van der Waals surface area contributed by atoms with Gasteiger partial charge in [-0.2, -0.15) is 10.1 Å². The lowest BCUT2D eigenvalue weighted by Gasteiger charge is -2.41. The van der Waals surface area contributed by atoms with Crippen molar-refractivity contribution in [2.24, 2.45) is 17.8 Å². The first kappa shape index (κ1) is 20.3. The summed E-state index contributed by atoms with van der Waals surface area (Å²) in [5.41, 5.74) is 1.96. The molecule has 31 heavy (non-hydrogen) atoms. The number of carboxylic acids is 1. The monoisotopic (exact) mass is 424 g/mol. The molecule has 0 radical (unpaired) electrons. The van der Waals surface area contributed by atoms with E-state index < -0.39 is 5.97 Å². The van der Waals surface area contributed by atoms with Crippen LogP contribution < -0.4 is 10.2 Å². The van der Waals surface area contributed by atoms with E-state index in [0.717, 1.165) is 30.2 Å². The number of rotatable bonds is 6. The smallest absolute Gasteiger partial charge is 0.308 e. The second-order valence-electron chi connectivity index (χ2n) is 9.63. The number of hydrogen-bond donors (Lipinski definition) is 3. The molecule has 2 atom stereocenters. The normalized spacial score (nSPS) is 24.9. The van der Waals surface area contributed by atoms with Gasteiger partial charge in [0.2, 0.25) is 5.95 Å². The highest BCUT2D eigenvalue weighted by Gasteiger charge is 2.37. The zero-order valence-electron chi connectivity index (χ0n) is 18.2. The average molecular weight is 425 g/mol. The molecule has 1 saturated heterocycles. The summed E-state index contributed by atoms with van der Waals surface area (Å²) in [6.45, 7) is 3.26. The first-order valence-electron chi connectivity index (χ1n) is 11.7.